The quantitative estimate of drug-likeness (QED) is 0.0673. The smallest absolute Gasteiger partial charge is 0.327 e. The number of carbonyl (C=O) groups excluding carboxylic acids is 5. The van der Waals surface area contributed by atoms with Gasteiger partial charge in [-0.25, -0.2) is 4.79 Å². The first kappa shape index (κ1) is 36.9. The molecule has 1 aromatic rings. The molecule has 1 heterocycles. The van der Waals surface area contributed by atoms with E-state index in [1.165, 1.54) is 24.3 Å². The number of carboxylic acids is 2. The Balaban J connectivity index is 2.42. The van der Waals surface area contributed by atoms with Crippen LogP contribution in [0.1, 0.15) is 24.8 Å². The number of phenolic OH excluding ortho intramolecular Hbond substituents is 1. The Morgan fingerprint density at radius 1 is 0.870 bits per heavy atom. The molecule has 1 aliphatic heterocycles. The highest BCUT2D eigenvalue weighted by atomic mass is 32.2. The number of guanidine groups is 1. The molecule has 2 rings (SSSR count). The molecule has 1 aromatic carbocycles. The van der Waals surface area contributed by atoms with E-state index >= 15 is 0 Å². The number of amides is 5. The van der Waals surface area contributed by atoms with Gasteiger partial charge < -0.3 is 53.4 Å². The minimum Gasteiger partial charge on any atom is -0.508 e. The Kier molecular flexibility index (Phi) is 14.4. The van der Waals surface area contributed by atoms with Crippen molar-refractivity contribution in [2.45, 2.75) is 49.9 Å². The summed E-state index contributed by atoms with van der Waals surface area (Å²) in [5.74, 6) is -9.91. The largest absolute Gasteiger partial charge is 0.508 e. The van der Waals surface area contributed by atoms with Crippen molar-refractivity contribution in [2.24, 2.45) is 16.5 Å². The lowest BCUT2D eigenvalue weighted by atomic mass is 10.0. The van der Waals surface area contributed by atoms with Crippen molar-refractivity contribution >= 4 is 58.2 Å². The molecule has 19 nitrogen and oxygen atoms in total. The average Bonchev–Trinajstić information content (AvgIpc) is 2.96. The van der Waals surface area contributed by atoms with Crippen molar-refractivity contribution in [3.63, 3.8) is 0 Å². The van der Waals surface area contributed by atoms with Gasteiger partial charge in [-0.3, -0.25) is 38.0 Å². The molecule has 0 spiro atoms. The van der Waals surface area contributed by atoms with Crippen molar-refractivity contribution in [3.05, 3.63) is 29.8 Å². The number of hydrogen-bond acceptors (Lipinski definition) is 10. The Morgan fingerprint density at radius 3 is 2.11 bits per heavy atom. The molecule has 0 aromatic heterocycles. The Hall–Kier alpha value is -5.27. The van der Waals surface area contributed by atoms with E-state index < -0.39 is 101 Å². The number of benzene rings is 1. The molecule has 252 valence electrons. The number of aliphatic imine (C=N–C) groups is 1. The molecule has 12 N–H and O–H groups in total. The van der Waals surface area contributed by atoms with Gasteiger partial charge in [-0.15, -0.1) is 0 Å². The number of hydrogen-bond donors (Lipinski definition) is 10. The van der Waals surface area contributed by atoms with E-state index in [1.807, 2.05) is 5.32 Å². The summed E-state index contributed by atoms with van der Waals surface area (Å²) in [7, 11) is -2.22. The number of aliphatic carboxylic acids is 2. The SMILES string of the molecule is NC(N)=NCCC[C@@H]1NC(=O)[C@@H](Cc2ccc(O)cc2)NC(=O)C[S@@](=O)C[C@@H](C(=O)O)NC(=O)[C@H](CC(=O)O)NC(=O)CNC1=O. The van der Waals surface area contributed by atoms with Gasteiger partial charge in [0.2, 0.25) is 29.5 Å². The summed E-state index contributed by atoms with van der Waals surface area (Å²) in [5, 5.41) is 39.6. The van der Waals surface area contributed by atoms with Crippen LogP contribution < -0.4 is 38.1 Å². The average molecular weight is 669 g/mol. The molecule has 1 aliphatic rings. The highest BCUT2D eigenvalue weighted by Crippen LogP contribution is 2.12. The molecule has 5 amide bonds. The van der Waals surface area contributed by atoms with E-state index in [0.717, 1.165) is 0 Å². The number of carboxylic acid groups (broad SMARTS) is 2. The summed E-state index contributed by atoms with van der Waals surface area (Å²) in [4.78, 5) is 91.6. The lowest BCUT2D eigenvalue weighted by Crippen LogP contribution is -2.57. The minimum atomic E-state index is -2.22. The van der Waals surface area contributed by atoms with Gasteiger partial charge in [0.1, 0.15) is 35.7 Å². The number of rotatable bonds is 9. The van der Waals surface area contributed by atoms with Gasteiger partial charge >= 0.3 is 11.9 Å². The maximum absolute atomic E-state index is 13.4. The first-order valence-electron chi connectivity index (χ1n) is 13.7. The Labute approximate surface area is 264 Å². The molecule has 0 bridgehead atoms. The molecule has 0 saturated carbocycles. The van der Waals surface area contributed by atoms with Crippen LogP contribution in [-0.4, -0.2) is 116 Å². The second-order valence-corrected chi connectivity index (χ2v) is 11.6. The monoisotopic (exact) mass is 668 g/mol. The lowest BCUT2D eigenvalue weighted by molar-refractivity contribution is -0.143. The fourth-order valence-corrected chi connectivity index (χ4v) is 5.21. The number of nitrogens with zero attached hydrogens (tertiary/aromatic N) is 1. The van der Waals surface area contributed by atoms with E-state index in [9.17, 15) is 53.1 Å². The zero-order valence-corrected chi connectivity index (χ0v) is 25.2. The zero-order valence-electron chi connectivity index (χ0n) is 24.4. The number of phenols is 1. The molecule has 1 saturated heterocycles. The van der Waals surface area contributed by atoms with Gasteiger partial charge in [0.05, 0.1) is 18.7 Å². The molecule has 0 radical (unpaired) electrons. The van der Waals surface area contributed by atoms with Gasteiger partial charge in [-0.1, -0.05) is 12.1 Å². The van der Waals surface area contributed by atoms with Crippen LogP contribution in [0.25, 0.3) is 0 Å². The second-order valence-electron chi connectivity index (χ2n) is 10.1. The summed E-state index contributed by atoms with van der Waals surface area (Å²) < 4.78 is 12.8. The summed E-state index contributed by atoms with van der Waals surface area (Å²) in [6.07, 6.45) is -0.966. The molecule has 20 heteroatoms. The Bertz CT molecular complexity index is 1370. The summed E-state index contributed by atoms with van der Waals surface area (Å²) in [6, 6.07) is -0.622. The molecular weight excluding hydrogens is 632 g/mol. The normalized spacial score (nSPS) is 23.7. The van der Waals surface area contributed by atoms with Gasteiger partial charge in [0.15, 0.2) is 5.96 Å². The van der Waals surface area contributed by atoms with E-state index in [2.05, 4.69) is 26.3 Å². The predicted molar refractivity (Wildman–Crippen MR) is 160 cm³/mol. The third-order valence-electron chi connectivity index (χ3n) is 6.32. The number of aromatic hydroxyl groups is 1. The van der Waals surface area contributed by atoms with Crippen LogP contribution in [0.4, 0.5) is 0 Å². The third-order valence-corrected chi connectivity index (χ3v) is 7.61. The highest BCUT2D eigenvalue weighted by Gasteiger charge is 2.32. The molecule has 46 heavy (non-hydrogen) atoms. The maximum Gasteiger partial charge on any atom is 0.327 e. The number of nitrogens with one attached hydrogen (secondary N) is 5. The van der Waals surface area contributed by atoms with Crippen molar-refractivity contribution in [1.82, 2.24) is 26.6 Å². The second kappa shape index (κ2) is 17.9. The molecular formula is C26H36N8O11S. The van der Waals surface area contributed by atoms with Crippen LogP contribution in [0, 0.1) is 0 Å². The molecule has 0 unspecified atom stereocenters. The molecule has 1 fully saturated rings. The van der Waals surface area contributed by atoms with Crippen LogP contribution in [-0.2, 0) is 50.8 Å². The van der Waals surface area contributed by atoms with Crippen molar-refractivity contribution < 1.29 is 53.1 Å². The van der Waals surface area contributed by atoms with Crippen LogP contribution in [0.2, 0.25) is 0 Å². The van der Waals surface area contributed by atoms with E-state index in [4.69, 9.17) is 11.5 Å². The number of carbonyl (C=O) groups is 7. The Morgan fingerprint density at radius 2 is 1.50 bits per heavy atom. The predicted octanol–water partition coefficient (Wildman–Crippen LogP) is -4.63. The third kappa shape index (κ3) is 13.2. The maximum atomic E-state index is 13.4. The van der Waals surface area contributed by atoms with E-state index in [0.29, 0.717) is 5.56 Å². The van der Waals surface area contributed by atoms with Gasteiger partial charge in [0, 0.05) is 23.8 Å². The first-order chi connectivity index (χ1) is 21.6. The topological polar surface area (TPSA) is 322 Å². The summed E-state index contributed by atoms with van der Waals surface area (Å²) in [5.41, 5.74) is 11.1. The zero-order chi connectivity index (χ0) is 34.4. The van der Waals surface area contributed by atoms with Crippen molar-refractivity contribution in [2.75, 3.05) is 24.6 Å². The highest BCUT2D eigenvalue weighted by molar-refractivity contribution is 7.85. The van der Waals surface area contributed by atoms with Gasteiger partial charge in [-0.05, 0) is 30.5 Å². The summed E-state index contributed by atoms with van der Waals surface area (Å²) in [6.45, 7) is -0.701. The van der Waals surface area contributed by atoms with E-state index in [1.54, 1.807) is 0 Å². The lowest BCUT2D eigenvalue weighted by Gasteiger charge is -2.24. The van der Waals surface area contributed by atoms with Crippen LogP contribution in [0.5, 0.6) is 5.75 Å². The van der Waals surface area contributed by atoms with Gasteiger partial charge in [-0.2, -0.15) is 0 Å². The summed E-state index contributed by atoms with van der Waals surface area (Å²) >= 11 is 0. The molecule has 5 atom stereocenters. The number of nitrogens with two attached hydrogens (primary N) is 2. The standard InChI is InChI=1S/C26H36N8O11S/c27-26(28)29-7-1-2-15-22(40)30-10-19(36)31-17(9-21(38)39)24(42)34-18(25(43)44)11-46(45)12-20(37)32-16(23(41)33-15)8-13-3-5-14(35)6-4-13/h3-6,15-18,35H,1-2,7-12H2,(H,30,40)(H,31,36)(H,32,37)(H,33,41)(H,34,42)(H,38,39)(H,43,44)(H4,27,28,29)/t15-,16+,17-,18-,46-/m0/s1. The van der Waals surface area contributed by atoms with Crippen molar-refractivity contribution in [3.8, 4) is 5.75 Å². The first-order valence-corrected chi connectivity index (χ1v) is 15.2. The van der Waals surface area contributed by atoms with Crippen molar-refractivity contribution in [1.29, 1.82) is 0 Å². The van der Waals surface area contributed by atoms with Crippen LogP contribution >= 0.6 is 0 Å². The fraction of sp³-hybridized carbons (Fsp3) is 0.462. The minimum absolute atomic E-state index is 0.0412. The fourth-order valence-electron chi connectivity index (χ4n) is 4.12. The van der Waals surface area contributed by atoms with E-state index in [-0.39, 0.29) is 37.5 Å². The molecule has 0 aliphatic carbocycles. The van der Waals surface area contributed by atoms with Crippen LogP contribution in [0.15, 0.2) is 29.3 Å². The van der Waals surface area contributed by atoms with Gasteiger partial charge in [0.25, 0.3) is 0 Å². The van der Waals surface area contributed by atoms with Crippen LogP contribution in [0.3, 0.4) is 0 Å².